The van der Waals surface area contributed by atoms with E-state index in [2.05, 4.69) is 11.0 Å². The van der Waals surface area contributed by atoms with Crippen molar-refractivity contribution >= 4 is 11.7 Å². The lowest BCUT2D eigenvalue weighted by Crippen LogP contribution is -2.48. The van der Waals surface area contributed by atoms with Crippen molar-refractivity contribution in [1.29, 1.82) is 5.26 Å². The van der Waals surface area contributed by atoms with Gasteiger partial charge in [-0.15, -0.1) is 0 Å². The van der Waals surface area contributed by atoms with Crippen molar-refractivity contribution in [3.63, 3.8) is 0 Å². The van der Waals surface area contributed by atoms with Gasteiger partial charge in [0.2, 0.25) is 0 Å². The van der Waals surface area contributed by atoms with E-state index in [-0.39, 0.29) is 0 Å². The summed E-state index contributed by atoms with van der Waals surface area (Å²) in [5, 5.41) is 19.0. The minimum absolute atomic E-state index is 0.496. The van der Waals surface area contributed by atoms with E-state index in [9.17, 15) is 15.2 Å². The predicted octanol–water partition coefficient (Wildman–Crippen LogP) is 3.34. The first kappa shape index (κ1) is 15.4. The summed E-state index contributed by atoms with van der Waals surface area (Å²) in [6, 6.07) is 7.89. The summed E-state index contributed by atoms with van der Waals surface area (Å²) in [6.07, 6.45) is 3.12. The third-order valence-electron chi connectivity index (χ3n) is 4.43. The van der Waals surface area contributed by atoms with Gasteiger partial charge in [0, 0.05) is 13.1 Å². The fourth-order valence-corrected chi connectivity index (χ4v) is 3.46. The average molecular weight is 286 g/mol. The van der Waals surface area contributed by atoms with Gasteiger partial charge in [-0.1, -0.05) is 25.5 Å². The SMILES string of the molecule is CCCC1(C(=O)O)CCCN(c2c(C)cccc2C#N)C1. The quantitative estimate of drug-likeness (QED) is 0.922. The van der Waals surface area contributed by atoms with Crippen LogP contribution in [0.3, 0.4) is 0 Å². The molecule has 0 amide bonds. The maximum atomic E-state index is 11.8. The molecule has 2 rings (SSSR count). The number of para-hydroxylation sites is 1. The molecule has 1 aromatic rings. The van der Waals surface area contributed by atoms with Crippen molar-refractivity contribution in [2.24, 2.45) is 5.41 Å². The maximum Gasteiger partial charge on any atom is 0.311 e. The topological polar surface area (TPSA) is 64.3 Å². The number of carbonyl (C=O) groups is 1. The van der Waals surface area contributed by atoms with Crippen LogP contribution < -0.4 is 4.90 Å². The van der Waals surface area contributed by atoms with Crippen LogP contribution >= 0.6 is 0 Å². The van der Waals surface area contributed by atoms with Crippen LogP contribution in [0.1, 0.15) is 43.7 Å². The van der Waals surface area contributed by atoms with Crippen LogP contribution in [0.15, 0.2) is 18.2 Å². The summed E-state index contributed by atoms with van der Waals surface area (Å²) in [4.78, 5) is 13.9. The predicted molar refractivity (Wildman–Crippen MR) is 82.3 cm³/mol. The molecule has 0 spiro atoms. The Balaban J connectivity index is 2.38. The smallest absolute Gasteiger partial charge is 0.311 e. The summed E-state index contributed by atoms with van der Waals surface area (Å²) in [6.45, 7) is 5.32. The largest absolute Gasteiger partial charge is 0.481 e. The van der Waals surface area contributed by atoms with E-state index < -0.39 is 11.4 Å². The first-order valence-electron chi connectivity index (χ1n) is 7.52. The van der Waals surface area contributed by atoms with E-state index in [0.29, 0.717) is 18.5 Å². The fraction of sp³-hybridized carbons (Fsp3) is 0.529. The zero-order valence-electron chi connectivity index (χ0n) is 12.7. The van der Waals surface area contributed by atoms with Crippen LogP contribution in [0.5, 0.6) is 0 Å². The molecule has 112 valence electrons. The Kier molecular flexibility index (Phi) is 4.52. The Hall–Kier alpha value is -2.02. The summed E-state index contributed by atoms with van der Waals surface area (Å²) >= 11 is 0. The zero-order valence-corrected chi connectivity index (χ0v) is 12.7. The molecule has 1 aliphatic rings. The van der Waals surface area contributed by atoms with Gasteiger partial charge in [-0.2, -0.15) is 5.26 Å². The number of piperidine rings is 1. The third-order valence-corrected chi connectivity index (χ3v) is 4.43. The number of hydrogen-bond donors (Lipinski definition) is 1. The normalized spacial score (nSPS) is 21.9. The van der Waals surface area contributed by atoms with Gasteiger partial charge in [0.1, 0.15) is 6.07 Å². The van der Waals surface area contributed by atoms with Crippen molar-refractivity contribution in [2.45, 2.75) is 39.5 Å². The number of carboxylic acid groups (broad SMARTS) is 1. The number of aryl methyl sites for hydroxylation is 1. The monoisotopic (exact) mass is 286 g/mol. The van der Waals surface area contributed by atoms with Gasteiger partial charge in [-0.3, -0.25) is 4.79 Å². The zero-order chi connectivity index (χ0) is 15.5. The lowest BCUT2D eigenvalue weighted by molar-refractivity contribution is -0.150. The molecule has 1 atom stereocenters. The maximum absolute atomic E-state index is 11.8. The molecule has 1 unspecified atom stereocenters. The molecule has 1 fully saturated rings. The number of rotatable bonds is 4. The Morgan fingerprint density at radius 2 is 2.29 bits per heavy atom. The van der Waals surface area contributed by atoms with Gasteiger partial charge in [-0.05, 0) is 37.8 Å². The molecule has 1 aromatic carbocycles. The number of nitriles is 1. The number of benzene rings is 1. The second-order valence-electron chi connectivity index (χ2n) is 5.94. The molecule has 0 radical (unpaired) electrons. The van der Waals surface area contributed by atoms with Crippen LogP contribution in [0.4, 0.5) is 5.69 Å². The molecule has 0 saturated carbocycles. The molecule has 1 aliphatic heterocycles. The molecule has 1 N–H and O–H groups in total. The van der Waals surface area contributed by atoms with Crippen molar-refractivity contribution in [1.82, 2.24) is 0 Å². The van der Waals surface area contributed by atoms with Crippen LogP contribution in [0, 0.1) is 23.7 Å². The van der Waals surface area contributed by atoms with E-state index in [1.165, 1.54) is 0 Å². The van der Waals surface area contributed by atoms with Crippen molar-refractivity contribution in [3.05, 3.63) is 29.3 Å². The van der Waals surface area contributed by atoms with Gasteiger partial charge in [0.25, 0.3) is 0 Å². The molecule has 21 heavy (non-hydrogen) atoms. The molecule has 0 aliphatic carbocycles. The van der Waals surface area contributed by atoms with Crippen molar-refractivity contribution in [3.8, 4) is 6.07 Å². The van der Waals surface area contributed by atoms with E-state index >= 15 is 0 Å². The molecule has 1 saturated heterocycles. The first-order chi connectivity index (χ1) is 10.0. The van der Waals surface area contributed by atoms with E-state index in [1.807, 2.05) is 26.0 Å². The summed E-state index contributed by atoms with van der Waals surface area (Å²) < 4.78 is 0. The van der Waals surface area contributed by atoms with Gasteiger partial charge in [-0.25, -0.2) is 0 Å². The van der Waals surface area contributed by atoms with Gasteiger partial charge >= 0.3 is 5.97 Å². The molecule has 0 aromatic heterocycles. The van der Waals surface area contributed by atoms with E-state index in [0.717, 1.165) is 37.1 Å². The fourth-order valence-electron chi connectivity index (χ4n) is 3.46. The highest BCUT2D eigenvalue weighted by Gasteiger charge is 2.42. The second kappa shape index (κ2) is 6.17. The minimum atomic E-state index is -0.707. The van der Waals surface area contributed by atoms with Gasteiger partial charge in [0.15, 0.2) is 0 Å². The number of aliphatic carboxylic acids is 1. The number of anilines is 1. The Labute approximate surface area is 126 Å². The van der Waals surface area contributed by atoms with Gasteiger partial charge in [0.05, 0.1) is 16.7 Å². The van der Waals surface area contributed by atoms with E-state index in [1.54, 1.807) is 6.07 Å². The van der Waals surface area contributed by atoms with Crippen molar-refractivity contribution in [2.75, 3.05) is 18.0 Å². The summed E-state index contributed by atoms with van der Waals surface area (Å²) in [7, 11) is 0. The summed E-state index contributed by atoms with van der Waals surface area (Å²) in [5.74, 6) is -0.707. The van der Waals surface area contributed by atoms with Crippen LogP contribution in [0.2, 0.25) is 0 Å². The lowest BCUT2D eigenvalue weighted by Gasteiger charge is -2.42. The highest BCUT2D eigenvalue weighted by Crippen LogP contribution is 2.38. The van der Waals surface area contributed by atoms with Crippen LogP contribution in [-0.4, -0.2) is 24.2 Å². The third kappa shape index (κ3) is 2.87. The average Bonchev–Trinajstić information content (AvgIpc) is 2.47. The number of nitrogens with zero attached hydrogens (tertiary/aromatic N) is 2. The number of hydrogen-bond acceptors (Lipinski definition) is 3. The van der Waals surface area contributed by atoms with Crippen LogP contribution in [-0.2, 0) is 4.79 Å². The van der Waals surface area contributed by atoms with E-state index in [4.69, 9.17) is 0 Å². The molecular formula is C17H22N2O2. The second-order valence-corrected chi connectivity index (χ2v) is 5.94. The molecule has 0 bridgehead atoms. The standard InChI is InChI=1S/C17H22N2O2/c1-3-8-17(16(20)21)9-5-10-19(12-17)15-13(2)6-4-7-14(15)11-18/h4,6-7H,3,5,8-10,12H2,1-2H3,(H,20,21). The molecule has 4 nitrogen and oxygen atoms in total. The van der Waals surface area contributed by atoms with Crippen molar-refractivity contribution < 1.29 is 9.90 Å². The molecule has 4 heteroatoms. The Bertz CT molecular complexity index is 573. The highest BCUT2D eigenvalue weighted by molar-refractivity contribution is 5.77. The number of carboxylic acids is 1. The lowest BCUT2D eigenvalue weighted by atomic mass is 9.76. The Morgan fingerprint density at radius 1 is 1.52 bits per heavy atom. The van der Waals surface area contributed by atoms with Crippen LogP contribution in [0.25, 0.3) is 0 Å². The summed E-state index contributed by atoms with van der Waals surface area (Å²) in [5.41, 5.74) is 1.89. The Morgan fingerprint density at radius 3 is 2.90 bits per heavy atom. The molecular weight excluding hydrogens is 264 g/mol. The molecule has 1 heterocycles. The highest BCUT2D eigenvalue weighted by atomic mass is 16.4. The van der Waals surface area contributed by atoms with Gasteiger partial charge < -0.3 is 10.0 Å². The first-order valence-corrected chi connectivity index (χ1v) is 7.52. The minimum Gasteiger partial charge on any atom is -0.481 e.